The summed E-state index contributed by atoms with van der Waals surface area (Å²) in [6, 6.07) is 14.8. The fourth-order valence-corrected chi connectivity index (χ4v) is 5.59. The third-order valence-corrected chi connectivity index (χ3v) is 7.50. The van der Waals surface area contributed by atoms with Crippen molar-refractivity contribution in [3.8, 4) is 0 Å². The Morgan fingerprint density at radius 1 is 0.920 bits per heavy atom. The van der Waals surface area contributed by atoms with Crippen LogP contribution in [-0.4, -0.2) is 46.5 Å². The molecule has 0 bridgehead atoms. The van der Waals surface area contributed by atoms with Crippen LogP contribution in [0.2, 0.25) is 0 Å². The first-order valence-corrected chi connectivity index (χ1v) is 10.3. The normalized spacial score (nSPS) is 23.8. The summed E-state index contributed by atoms with van der Waals surface area (Å²) in [6.45, 7) is 2.15. The second-order valence-electron chi connectivity index (χ2n) is 7.20. The van der Waals surface area contributed by atoms with Gasteiger partial charge >= 0.3 is 0 Å². The first-order valence-electron chi connectivity index (χ1n) is 8.84. The van der Waals surface area contributed by atoms with Gasteiger partial charge in [-0.3, -0.25) is 0 Å². The molecule has 132 valence electrons. The molecule has 2 aromatic carbocycles. The molecule has 4 rings (SSSR count). The van der Waals surface area contributed by atoms with Crippen molar-refractivity contribution >= 4 is 15.5 Å². The van der Waals surface area contributed by atoms with Crippen LogP contribution in [0.3, 0.4) is 0 Å². The van der Waals surface area contributed by atoms with Crippen LogP contribution in [0.1, 0.15) is 24.3 Å². The Morgan fingerprint density at radius 2 is 1.64 bits per heavy atom. The predicted molar refractivity (Wildman–Crippen MR) is 100.0 cm³/mol. The van der Waals surface area contributed by atoms with Crippen molar-refractivity contribution in [1.82, 2.24) is 4.90 Å². The largest absolute Gasteiger partial charge is 0.371 e. The maximum atomic E-state index is 13.0. The molecule has 2 heterocycles. The molecule has 25 heavy (non-hydrogen) atoms. The molecular formula is C20H24N2O2S. The first kappa shape index (κ1) is 16.6. The highest BCUT2D eigenvalue weighted by molar-refractivity contribution is 7.91. The summed E-state index contributed by atoms with van der Waals surface area (Å²) in [5.74, 6) is 0.413. The summed E-state index contributed by atoms with van der Waals surface area (Å²) in [6.07, 6.45) is 2.19. The van der Waals surface area contributed by atoms with Crippen molar-refractivity contribution < 1.29 is 8.42 Å². The molecule has 0 N–H and O–H groups in total. The predicted octanol–water partition coefficient (Wildman–Crippen LogP) is 3.15. The van der Waals surface area contributed by atoms with Gasteiger partial charge in [-0.05, 0) is 68.9 Å². The third-order valence-electron chi connectivity index (χ3n) is 5.73. The van der Waals surface area contributed by atoms with Crippen LogP contribution in [0.5, 0.6) is 0 Å². The van der Waals surface area contributed by atoms with Gasteiger partial charge in [-0.15, -0.1) is 0 Å². The van der Waals surface area contributed by atoms with Crippen molar-refractivity contribution in [2.45, 2.75) is 34.6 Å². The minimum Gasteiger partial charge on any atom is -0.371 e. The summed E-state index contributed by atoms with van der Waals surface area (Å²) in [5, 5.41) is 0. The molecule has 2 aliphatic heterocycles. The number of benzene rings is 2. The van der Waals surface area contributed by atoms with Gasteiger partial charge in [-0.1, -0.05) is 18.2 Å². The SMILES string of the molecule is CN1CC[C@@H]2c3cc(S(=O)(=O)c4ccccc4)ccc3N(C)[C@H]2CC1. The highest BCUT2D eigenvalue weighted by atomic mass is 32.2. The van der Waals surface area contributed by atoms with Gasteiger partial charge in [0, 0.05) is 24.7 Å². The Balaban J connectivity index is 1.76. The van der Waals surface area contributed by atoms with Crippen LogP contribution >= 0.6 is 0 Å². The summed E-state index contributed by atoms with van der Waals surface area (Å²) < 4.78 is 25.9. The Labute approximate surface area is 150 Å². The number of sulfone groups is 1. The Hall–Kier alpha value is -1.85. The van der Waals surface area contributed by atoms with Gasteiger partial charge in [-0.25, -0.2) is 8.42 Å². The third kappa shape index (κ3) is 2.75. The van der Waals surface area contributed by atoms with Crippen LogP contribution in [0.25, 0.3) is 0 Å². The maximum absolute atomic E-state index is 13.0. The topological polar surface area (TPSA) is 40.6 Å². The Morgan fingerprint density at radius 3 is 2.40 bits per heavy atom. The van der Waals surface area contributed by atoms with E-state index < -0.39 is 9.84 Å². The standard InChI is InChI=1S/C20H24N2O2S/c1-21-12-10-17-18-14-16(25(23,24)15-6-4-3-5-7-15)8-9-19(18)22(2)20(17)11-13-21/h3-9,14,17,20H,10-13H2,1-2H3/t17-,20+/m1/s1. The Kier molecular flexibility index (Phi) is 4.08. The van der Waals surface area contributed by atoms with Crippen LogP contribution in [-0.2, 0) is 9.84 Å². The summed E-state index contributed by atoms with van der Waals surface area (Å²) in [4.78, 5) is 5.48. The molecule has 1 saturated heterocycles. The monoisotopic (exact) mass is 356 g/mol. The number of likely N-dealkylation sites (N-methyl/N-ethyl adjacent to an activating group) is 1. The molecule has 0 aliphatic carbocycles. The van der Waals surface area contributed by atoms with E-state index in [4.69, 9.17) is 0 Å². The summed E-state index contributed by atoms with van der Waals surface area (Å²) in [7, 11) is 0.839. The van der Waals surface area contributed by atoms with Gasteiger partial charge in [0.05, 0.1) is 9.79 Å². The fraction of sp³-hybridized carbons (Fsp3) is 0.400. The van der Waals surface area contributed by atoms with Gasteiger partial charge in [0.15, 0.2) is 0 Å². The van der Waals surface area contributed by atoms with Crippen LogP contribution in [0.4, 0.5) is 5.69 Å². The van der Waals surface area contributed by atoms with Crippen LogP contribution in [0, 0.1) is 0 Å². The van der Waals surface area contributed by atoms with E-state index in [0.29, 0.717) is 21.8 Å². The molecule has 2 aromatic rings. The van der Waals surface area contributed by atoms with E-state index in [1.54, 1.807) is 30.3 Å². The lowest BCUT2D eigenvalue weighted by molar-refractivity contribution is 0.345. The van der Waals surface area contributed by atoms with E-state index in [1.807, 2.05) is 18.2 Å². The smallest absolute Gasteiger partial charge is 0.206 e. The summed E-state index contributed by atoms with van der Waals surface area (Å²) in [5.41, 5.74) is 2.38. The molecule has 0 aromatic heterocycles. The lowest BCUT2D eigenvalue weighted by Crippen LogP contribution is -2.31. The van der Waals surface area contributed by atoms with Crippen LogP contribution in [0.15, 0.2) is 58.3 Å². The zero-order valence-electron chi connectivity index (χ0n) is 14.7. The van der Waals surface area contributed by atoms with E-state index in [0.717, 1.165) is 25.9 Å². The van der Waals surface area contributed by atoms with Gasteiger partial charge < -0.3 is 9.80 Å². The van der Waals surface area contributed by atoms with E-state index in [-0.39, 0.29) is 0 Å². The highest BCUT2D eigenvalue weighted by Gasteiger charge is 2.38. The molecule has 0 unspecified atom stereocenters. The second-order valence-corrected chi connectivity index (χ2v) is 9.15. The van der Waals surface area contributed by atoms with E-state index >= 15 is 0 Å². The molecular weight excluding hydrogens is 332 g/mol. The second kappa shape index (κ2) is 6.15. The molecule has 1 fully saturated rings. The number of hydrogen-bond acceptors (Lipinski definition) is 4. The maximum Gasteiger partial charge on any atom is 0.206 e. The van der Waals surface area contributed by atoms with Crippen LogP contribution < -0.4 is 4.90 Å². The van der Waals surface area contributed by atoms with Crippen molar-refractivity contribution in [3.63, 3.8) is 0 Å². The average Bonchev–Trinajstić information content (AvgIpc) is 2.76. The van der Waals surface area contributed by atoms with E-state index in [2.05, 4.69) is 23.9 Å². The molecule has 5 heteroatoms. The summed E-state index contributed by atoms with van der Waals surface area (Å²) >= 11 is 0. The minimum absolute atomic E-state index is 0.360. The number of rotatable bonds is 2. The zero-order valence-corrected chi connectivity index (χ0v) is 15.5. The average molecular weight is 356 g/mol. The number of fused-ring (bicyclic) bond motifs is 3. The molecule has 0 amide bonds. The van der Waals surface area contributed by atoms with Gasteiger partial charge in [0.25, 0.3) is 0 Å². The van der Waals surface area contributed by atoms with Gasteiger partial charge in [-0.2, -0.15) is 0 Å². The number of nitrogens with zero attached hydrogens (tertiary/aromatic N) is 2. The van der Waals surface area contributed by atoms with E-state index in [9.17, 15) is 8.42 Å². The van der Waals surface area contributed by atoms with Crippen molar-refractivity contribution in [2.75, 3.05) is 32.1 Å². The number of anilines is 1. The highest BCUT2D eigenvalue weighted by Crippen LogP contribution is 2.45. The first-order chi connectivity index (χ1) is 12.0. The van der Waals surface area contributed by atoms with Gasteiger partial charge in [0.1, 0.15) is 0 Å². The number of hydrogen-bond donors (Lipinski definition) is 0. The van der Waals surface area contributed by atoms with E-state index in [1.165, 1.54) is 11.3 Å². The zero-order chi connectivity index (χ0) is 17.6. The molecule has 0 spiro atoms. The lowest BCUT2D eigenvalue weighted by atomic mass is 9.91. The molecule has 2 aliphatic rings. The van der Waals surface area contributed by atoms with Crippen molar-refractivity contribution in [3.05, 3.63) is 54.1 Å². The lowest BCUT2D eigenvalue weighted by Gasteiger charge is -2.25. The van der Waals surface area contributed by atoms with Crippen molar-refractivity contribution in [1.29, 1.82) is 0 Å². The fourth-order valence-electron chi connectivity index (χ4n) is 4.28. The molecule has 4 nitrogen and oxygen atoms in total. The number of likely N-dealkylation sites (tertiary alicyclic amines) is 1. The van der Waals surface area contributed by atoms with Gasteiger partial charge in [0.2, 0.25) is 9.84 Å². The molecule has 0 saturated carbocycles. The molecule has 2 atom stereocenters. The Bertz CT molecular complexity index is 880. The minimum atomic E-state index is -3.46. The molecule has 0 radical (unpaired) electrons. The van der Waals surface area contributed by atoms with Crippen molar-refractivity contribution in [2.24, 2.45) is 0 Å². The quantitative estimate of drug-likeness (QED) is 0.829.